The predicted molar refractivity (Wildman–Crippen MR) is 240 cm³/mol. The Bertz CT molecular complexity index is 1090. The van der Waals surface area contributed by atoms with Gasteiger partial charge in [-0.05, 0) is 25.2 Å². The topological polar surface area (TPSA) is 176 Å². The van der Waals surface area contributed by atoms with E-state index in [1.54, 1.807) is 0 Å². The van der Waals surface area contributed by atoms with Gasteiger partial charge in [0.2, 0.25) is 5.91 Å². The minimum absolute atomic E-state index is 0. The summed E-state index contributed by atoms with van der Waals surface area (Å²) in [6.07, 6.45) is 45.1. The number of carbonyl (C=O) groups is 1. The molecule has 0 bridgehead atoms. The van der Waals surface area contributed by atoms with Crippen LogP contribution in [0.15, 0.2) is 4.99 Å². The van der Waals surface area contributed by atoms with Crippen molar-refractivity contribution in [3.63, 3.8) is 0 Å². The molecule has 0 heterocycles. The smallest absolute Gasteiger partial charge is 0.862 e. The van der Waals surface area contributed by atoms with Crippen LogP contribution in [-0.2, 0) is 25.0 Å². The molecule has 0 aromatic carbocycles. The summed E-state index contributed by atoms with van der Waals surface area (Å²) in [5.41, 5.74) is 0. The number of unbranched alkanes of at least 4 members (excludes halogenated alkanes) is 32. The van der Waals surface area contributed by atoms with Crippen molar-refractivity contribution in [2.24, 2.45) is 4.99 Å². The molecule has 336 valence electrons. The fraction of sp³-hybridized carbons (Fsp3) is 0.955. The van der Waals surface area contributed by atoms with Crippen LogP contribution in [0.4, 0.5) is 0 Å². The largest absolute Gasteiger partial charge is 2.00 e. The Labute approximate surface area is 382 Å². The molecule has 0 radical (unpaired) electrons. The van der Waals surface area contributed by atoms with Crippen molar-refractivity contribution in [3.8, 4) is 0 Å². The summed E-state index contributed by atoms with van der Waals surface area (Å²) in [4.78, 5) is 15.1. The molecule has 0 aromatic heterocycles. The van der Waals surface area contributed by atoms with Crippen LogP contribution in [0, 0.1) is 0 Å². The van der Waals surface area contributed by atoms with Crippen LogP contribution in [0.5, 0.6) is 0 Å². The third-order valence-corrected chi connectivity index (χ3v) is 11.7. The van der Waals surface area contributed by atoms with Crippen molar-refractivity contribution < 1.29 is 35.8 Å². The minimum Gasteiger partial charge on any atom is -0.862 e. The number of rotatable bonds is 42. The van der Waals surface area contributed by atoms with Gasteiger partial charge in [0.15, 0.2) is 0 Å². The number of carbonyl (C=O) groups excluding carboxylic acids is 1. The van der Waals surface area contributed by atoms with Gasteiger partial charge in [0.1, 0.15) is 0 Å². The second kappa shape index (κ2) is 47.1. The standard InChI is InChI=1S/2C22H45NO4S.Ca/c2*1-2-3-4-5-6-7-8-9-10-11-12-13-14-15-16-17-18-19-22(24)23-20-21-28(25,26)27;/h2*2-21H2,1H3,(H,23,24)(H,25,26,27);/q;;+2/p-2. The fourth-order valence-electron chi connectivity index (χ4n) is 6.78. The van der Waals surface area contributed by atoms with Gasteiger partial charge >= 0.3 is 37.7 Å². The third-order valence-electron chi connectivity index (χ3n) is 10.3. The molecule has 0 saturated carbocycles. The Balaban J connectivity index is -0.00000101. The molecule has 0 saturated heterocycles. The molecular formula is C44H88CaN2O8S2. The quantitative estimate of drug-likeness (QED) is 0.0200. The van der Waals surface area contributed by atoms with Crippen LogP contribution in [0.25, 0.3) is 0 Å². The van der Waals surface area contributed by atoms with Crippen molar-refractivity contribution in [1.82, 2.24) is 5.32 Å². The molecule has 0 rings (SSSR count). The first kappa shape index (κ1) is 61.3. The summed E-state index contributed by atoms with van der Waals surface area (Å²) in [5.74, 6) is -1.43. The third kappa shape index (κ3) is 60.4. The van der Waals surface area contributed by atoms with Crippen LogP contribution in [-0.4, -0.2) is 100 Å². The number of nitrogens with one attached hydrogen (secondary N) is 1. The number of nitrogens with zero attached hydrogens (tertiary/aromatic N) is 1. The molecular weight excluding hydrogens is 789 g/mol. The molecule has 0 fully saturated rings. The van der Waals surface area contributed by atoms with Crippen molar-refractivity contribution >= 4 is 69.8 Å². The molecule has 13 heteroatoms. The Kier molecular flexibility index (Phi) is 50.6. The zero-order chi connectivity index (χ0) is 41.9. The summed E-state index contributed by atoms with van der Waals surface area (Å²) >= 11 is 0. The van der Waals surface area contributed by atoms with Gasteiger partial charge in [-0.2, -0.15) is 8.42 Å². The van der Waals surface area contributed by atoms with Crippen LogP contribution in [0.3, 0.4) is 0 Å². The molecule has 57 heavy (non-hydrogen) atoms. The molecule has 0 aliphatic rings. The second-order valence-electron chi connectivity index (χ2n) is 16.0. The molecule has 0 unspecified atom stereocenters. The first-order valence-corrected chi connectivity index (χ1v) is 26.5. The average Bonchev–Trinajstić information content (AvgIpc) is 3.13. The van der Waals surface area contributed by atoms with Gasteiger partial charge in [0, 0.05) is 13.0 Å². The molecule has 0 aliphatic carbocycles. The monoisotopic (exact) mass is 877 g/mol. The van der Waals surface area contributed by atoms with E-state index >= 15 is 0 Å². The van der Waals surface area contributed by atoms with Crippen LogP contribution < -0.4 is 10.4 Å². The number of aliphatic imine (C=N–C) groups is 1. The van der Waals surface area contributed by atoms with E-state index in [0.717, 1.165) is 38.5 Å². The van der Waals surface area contributed by atoms with E-state index < -0.39 is 31.7 Å². The van der Waals surface area contributed by atoms with Gasteiger partial charge in [-0.3, -0.25) is 9.35 Å². The first-order chi connectivity index (χ1) is 26.9. The Morgan fingerprint density at radius 1 is 0.491 bits per heavy atom. The van der Waals surface area contributed by atoms with Crippen molar-refractivity contribution in [2.45, 2.75) is 245 Å². The van der Waals surface area contributed by atoms with Crippen LogP contribution >= 0.6 is 0 Å². The average molecular weight is 877 g/mol. The van der Waals surface area contributed by atoms with E-state index in [2.05, 4.69) is 24.2 Å². The van der Waals surface area contributed by atoms with E-state index in [1.165, 1.54) is 180 Å². The molecule has 0 aliphatic heterocycles. The van der Waals surface area contributed by atoms with E-state index in [1.807, 2.05) is 0 Å². The Morgan fingerprint density at radius 3 is 1.05 bits per heavy atom. The summed E-state index contributed by atoms with van der Waals surface area (Å²) in [7, 11) is -8.26. The first-order valence-electron chi connectivity index (χ1n) is 23.3. The maximum absolute atomic E-state index is 11.5. The Morgan fingerprint density at radius 2 is 0.772 bits per heavy atom. The van der Waals surface area contributed by atoms with Crippen LogP contribution in [0.1, 0.15) is 245 Å². The maximum atomic E-state index is 11.5. The van der Waals surface area contributed by atoms with Gasteiger partial charge < -0.3 is 20.0 Å². The predicted octanol–water partition coefficient (Wildman–Crippen LogP) is 11.0. The second-order valence-corrected chi connectivity index (χ2v) is 19.1. The number of hydrogen-bond acceptors (Lipinski definition) is 8. The van der Waals surface area contributed by atoms with Crippen molar-refractivity contribution in [2.75, 3.05) is 24.6 Å². The zero-order valence-corrected chi connectivity index (χ0v) is 40.9. The van der Waals surface area contributed by atoms with Crippen LogP contribution in [0.2, 0.25) is 0 Å². The van der Waals surface area contributed by atoms with E-state index in [4.69, 9.17) is 4.55 Å². The van der Waals surface area contributed by atoms with Gasteiger partial charge in [-0.1, -0.05) is 219 Å². The van der Waals surface area contributed by atoms with Gasteiger partial charge in [-0.15, -0.1) is 0 Å². The fourth-order valence-corrected chi connectivity index (χ4v) is 7.46. The summed E-state index contributed by atoms with van der Waals surface area (Å²) in [6, 6.07) is 0. The Hall–Kier alpha value is 0.0197. The summed E-state index contributed by atoms with van der Waals surface area (Å²) < 4.78 is 60.9. The zero-order valence-electron chi connectivity index (χ0n) is 37.1. The minimum atomic E-state index is -4.27. The van der Waals surface area contributed by atoms with E-state index in [0.29, 0.717) is 12.8 Å². The van der Waals surface area contributed by atoms with E-state index in [-0.39, 0.29) is 62.6 Å². The van der Waals surface area contributed by atoms with Crippen molar-refractivity contribution in [1.29, 1.82) is 0 Å². The molecule has 2 N–H and O–H groups in total. The summed E-state index contributed by atoms with van der Waals surface area (Å²) in [6.45, 7) is 4.31. The van der Waals surface area contributed by atoms with Crippen molar-refractivity contribution in [3.05, 3.63) is 0 Å². The number of hydrogen-bond donors (Lipinski definition) is 2. The molecule has 10 nitrogen and oxygen atoms in total. The maximum Gasteiger partial charge on any atom is 2.00 e. The van der Waals surface area contributed by atoms with Gasteiger partial charge in [0.25, 0.3) is 10.1 Å². The molecule has 1 amide bonds. The van der Waals surface area contributed by atoms with Gasteiger partial charge in [-0.25, -0.2) is 8.42 Å². The SMILES string of the molecule is CCCCCCCCCCCCCCCCCCCC(=O)NCCS(=O)(=O)O.CCCCCCCCCCCCCCCCCCCC([O-])=NCCS(=O)(=O)[O-].[Ca+2]. The summed E-state index contributed by atoms with van der Waals surface area (Å²) in [5, 5.41) is 13.9. The van der Waals surface area contributed by atoms with Gasteiger partial charge in [0.05, 0.1) is 28.2 Å². The van der Waals surface area contributed by atoms with E-state index in [9.17, 15) is 31.3 Å². The number of amides is 1. The molecule has 0 aromatic rings. The normalized spacial score (nSPS) is 11.9. The molecule has 0 spiro atoms. The molecule has 0 atom stereocenters.